The average Bonchev–Trinajstić information content (AvgIpc) is 2.32. The Morgan fingerprint density at radius 3 is 2.10 bits per heavy atom. The molecule has 0 aliphatic rings. The summed E-state index contributed by atoms with van der Waals surface area (Å²) in [7, 11) is 0. The maximum Gasteiger partial charge on any atom is 0.130 e. The molecule has 0 aliphatic heterocycles. The van der Waals surface area contributed by atoms with Crippen molar-refractivity contribution in [3.8, 4) is 0 Å². The Labute approximate surface area is 118 Å². The third kappa shape index (κ3) is 3.23. The standard InChI is InChI=1S/C17H19F2N/c1-10-4-11(2)6-13(5-10)8-17(20)14-7-12(3)15(18)9-16(14)19/h4-7,9,17H,8,20H2,1-3H3. The van der Waals surface area contributed by atoms with Crippen molar-refractivity contribution < 1.29 is 8.78 Å². The minimum absolute atomic E-state index is 0.364. The molecule has 0 aliphatic carbocycles. The SMILES string of the molecule is Cc1cc(C)cc(CC(N)c2cc(C)c(F)cc2F)c1. The van der Waals surface area contributed by atoms with Crippen molar-refractivity contribution in [1.82, 2.24) is 0 Å². The van der Waals surface area contributed by atoms with Gasteiger partial charge < -0.3 is 5.73 Å². The van der Waals surface area contributed by atoms with Gasteiger partial charge in [0.15, 0.2) is 0 Å². The van der Waals surface area contributed by atoms with E-state index in [9.17, 15) is 8.78 Å². The molecule has 1 unspecified atom stereocenters. The lowest BCUT2D eigenvalue weighted by molar-refractivity contribution is 0.549. The first-order valence-corrected chi connectivity index (χ1v) is 6.65. The highest BCUT2D eigenvalue weighted by atomic mass is 19.1. The molecule has 0 aromatic heterocycles. The summed E-state index contributed by atoms with van der Waals surface area (Å²) in [6.07, 6.45) is 0.532. The average molecular weight is 275 g/mol. The van der Waals surface area contributed by atoms with Crippen LogP contribution in [-0.2, 0) is 6.42 Å². The van der Waals surface area contributed by atoms with E-state index in [4.69, 9.17) is 5.73 Å². The summed E-state index contributed by atoms with van der Waals surface area (Å²) in [5.74, 6) is -1.12. The number of hydrogen-bond donors (Lipinski definition) is 1. The summed E-state index contributed by atoms with van der Waals surface area (Å²) in [4.78, 5) is 0. The van der Waals surface area contributed by atoms with Crippen molar-refractivity contribution >= 4 is 0 Å². The lowest BCUT2D eigenvalue weighted by Crippen LogP contribution is -2.16. The van der Waals surface area contributed by atoms with Crippen molar-refractivity contribution in [3.63, 3.8) is 0 Å². The number of benzene rings is 2. The van der Waals surface area contributed by atoms with Crippen LogP contribution in [0.1, 0.15) is 33.9 Å². The van der Waals surface area contributed by atoms with Gasteiger partial charge in [-0.15, -0.1) is 0 Å². The van der Waals surface area contributed by atoms with E-state index in [1.54, 1.807) is 6.92 Å². The molecule has 0 saturated carbocycles. The lowest BCUT2D eigenvalue weighted by atomic mass is 9.96. The first-order valence-electron chi connectivity index (χ1n) is 6.65. The predicted molar refractivity (Wildman–Crippen MR) is 77.6 cm³/mol. The summed E-state index contributed by atoms with van der Waals surface area (Å²) < 4.78 is 27.1. The van der Waals surface area contributed by atoms with Crippen molar-refractivity contribution in [2.75, 3.05) is 0 Å². The van der Waals surface area contributed by atoms with Crippen LogP contribution in [0.15, 0.2) is 30.3 Å². The Balaban J connectivity index is 2.28. The molecule has 0 amide bonds. The van der Waals surface area contributed by atoms with Crippen LogP contribution in [0.25, 0.3) is 0 Å². The van der Waals surface area contributed by atoms with Gasteiger partial charge in [-0.1, -0.05) is 29.3 Å². The minimum Gasteiger partial charge on any atom is -0.324 e. The molecular formula is C17H19F2N. The molecule has 0 spiro atoms. The van der Waals surface area contributed by atoms with E-state index < -0.39 is 17.7 Å². The Morgan fingerprint density at radius 2 is 1.50 bits per heavy atom. The van der Waals surface area contributed by atoms with Crippen LogP contribution in [0.2, 0.25) is 0 Å². The van der Waals surface area contributed by atoms with Gasteiger partial charge in [0, 0.05) is 17.7 Å². The molecule has 0 heterocycles. The van der Waals surface area contributed by atoms with Gasteiger partial charge in [-0.05, 0) is 44.4 Å². The van der Waals surface area contributed by atoms with Crippen LogP contribution in [0.3, 0.4) is 0 Å². The van der Waals surface area contributed by atoms with E-state index in [0.717, 1.165) is 22.8 Å². The van der Waals surface area contributed by atoms with Crippen LogP contribution in [0, 0.1) is 32.4 Å². The second-order valence-corrected chi connectivity index (χ2v) is 5.43. The number of rotatable bonds is 3. The number of halogens is 2. The van der Waals surface area contributed by atoms with Gasteiger partial charge in [0.2, 0.25) is 0 Å². The molecule has 0 radical (unpaired) electrons. The Morgan fingerprint density at radius 1 is 0.900 bits per heavy atom. The van der Waals surface area contributed by atoms with Crippen LogP contribution in [0.5, 0.6) is 0 Å². The van der Waals surface area contributed by atoms with Crippen molar-refractivity contribution in [1.29, 1.82) is 0 Å². The number of aryl methyl sites for hydroxylation is 3. The predicted octanol–water partition coefficient (Wildman–Crippen LogP) is 4.13. The second-order valence-electron chi connectivity index (χ2n) is 5.43. The molecule has 106 valence electrons. The fraction of sp³-hybridized carbons (Fsp3) is 0.294. The van der Waals surface area contributed by atoms with Crippen molar-refractivity contribution in [2.45, 2.75) is 33.2 Å². The highest BCUT2D eigenvalue weighted by Gasteiger charge is 2.15. The Hall–Kier alpha value is -1.74. The molecular weight excluding hydrogens is 256 g/mol. The van der Waals surface area contributed by atoms with E-state index in [0.29, 0.717) is 17.5 Å². The fourth-order valence-corrected chi connectivity index (χ4v) is 2.51. The molecule has 1 atom stereocenters. The Kier molecular flexibility index (Phi) is 4.19. The zero-order chi connectivity index (χ0) is 14.9. The minimum atomic E-state index is -0.579. The zero-order valence-corrected chi connectivity index (χ0v) is 12.0. The van der Waals surface area contributed by atoms with Gasteiger partial charge in [-0.25, -0.2) is 8.78 Å². The summed E-state index contributed by atoms with van der Waals surface area (Å²) in [6.45, 7) is 5.65. The quantitative estimate of drug-likeness (QED) is 0.895. The maximum absolute atomic E-state index is 13.8. The highest BCUT2D eigenvalue weighted by molar-refractivity contribution is 5.32. The van der Waals surface area contributed by atoms with Crippen LogP contribution >= 0.6 is 0 Å². The molecule has 2 N–H and O–H groups in total. The van der Waals surface area contributed by atoms with E-state index in [-0.39, 0.29) is 0 Å². The highest BCUT2D eigenvalue weighted by Crippen LogP contribution is 2.23. The molecule has 0 saturated heterocycles. The Bertz CT molecular complexity index is 615. The van der Waals surface area contributed by atoms with Gasteiger partial charge in [-0.2, -0.15) is 0 Å². The first-order chi connectivity index (χ1) is 9.36. The third-order valence-corrected chi connectivity index (χ3v) is 3.41. The van der Waals surface area contributed by atoms with E-state index >= 15 is 0 Å². The molecule has 2 aromatic carbocycles. The smallest absolute Gasteiger partial charge is 0.130 e. The van der Waals surface area contributed by atoms with Crippen molar-refractivity contribution in [2.24, 2.45) is 5.73 Å². The molecule has 2 rings (SSSR count). The molecule has 0 fully saturated rings. The monoisotopic (exact) mass is 275 g/mol. The molecule has 2 aromatic rings. The maximum atomic E-state index is 13.8. The third-order valence-electron chi connectivity index (χ3n) is 3.41. The molecule has 20 heavy (non-hydrogen) atoms. The normalized spacial score (nSPS) is 12.5. The summed E-state index contributed by atoms with van der Waals surface area (Å²) in [5.41, 5.74) is 10.2. The summed E-state index contributed by atoms with van der Waals surface area (Å²) >= 11 is 0. The van der Waals surface area contributed by atoms with Gasteiger partial charge in [0.05, 0.1) is 0 Å². The lowest BCUT2D eigenvalue weighted by Gasteiger charge is -2.15. The first kappa shape index (κ1) is 14.7. The molecule has 0 bridgehead atoms. The van der Waals surface area contributed by atoms with E-state index in [1.807, 2.05) is 26.0 Å². The summed E-state index contributed by atoms with van der Waals surface area (Å²) in [5, 5.41) is 0. The van der Waals surface area contributed by atoms with Crippen molar-refractivity contribution in [3.05, 3.63) is 69.8 Å². The van der Waals surface area contributed by atoms with Gasteiger partial charge in [0.1, 0.15) is 11.6 Å². The summed E-state index contributed by atoms with van der Waals surface area (Å²) in [6, 6.07) is 8.10. The van der Waals surface area contributed by atoms with Crippen LogP contribution in [0.4, 0.5) is 8.78 Å². The topological polar surface area (TPSA) is 26.0 Å². The zero-order valence-electron chi connectivity index (χ0n) is 12.0. The molecule has 3 heteroatoms. The van der Waals surface area contributed by atoms with Gasteiger partial charge >= 0.3 is 0 Å². The second kappa shape index (κ2) is 5.71. The van der Waals surface area contributed by atoms with E-state index in [2.05, 4.69) is 6.07 Å². The fourth-order valence-electron chi connectivity index (χ4n) is 2.51. The number of hydrogen-bond acceptors (Lipinski definition) is 1. The molecule has 1 nitrogen and oxygen atoms in total. The van der Waals surface area contributed by atoms with E-state index in [1.165, 1.54) is 6.07 Å². The largest absolute Gasteiger partial charge is 0.324 e. The van der Waals surface area contributed by atoms with Gasteiger partial charge in [-0.3, -0.25) is 0 Å². The van der Waals surface area contributed by atoms with Gasteiger partial charge in [0.25, 0.3) is 0 Å². The van der Waals surface area contributed by atoms with Crippen LogP contribution < -0.4 is 5.73 Å². The van der Waals surface area contributed by atoms with Crippen LogP contribution in [-0.4, -0.2) is 0 Å². The number of nitrogens with two attached hydrogens (primary N) is 1.